The van der Waals surface area contributed by atoms with Gasteiger partial charge in [-0.15, -0.1) is 5.10 Å². The van der Waals surface area contributed by atoms with Crippen molar-refractivity contribution in [3.05, 3.63) is 64.4 Å². The molecule has 0 saturated carbocycles. The number of rotatable bonds is 5. The number of aromatic nitrogens is 3. The first-order chi connectivity index (χ1) is 13.5. The molecule has 0 bridgehead atoms. The lowest BCUT2D eigenvalue weighted by Crippen LogP contribution is -2.27. The van der Waals surface area contributed by atoms with Crippen molar-refractivity contribution in [1.82, 2.24) is 19.9 Å². The van der Waals surface area contributed by atoms with Crippen LogP contribution in [0.1, 0.15) is 24.2 Å². The van der Waals surface area contributed by atoms with Crippen LogP contribution in [0.2, 0.25) is 0 Å². The minimum absolute atomic E-state index is 0.0947. The normalized spacial score (nSPS) is 11.2. The molecule has 0 aliphatic rings. The van der Waals surface area contributed by atoms with Crippen molar-refractivity contribution in [2.45, 2.75) is 13.8 Å². The average molecular weight is 393 g/mol. The van der Waals surface area contributed by atoms with Crippen molar-refractivity contribution >= 4 is 43.9 Å². The number of para-hydroxylation sites is 1. The standard InChI is InChI=1S/C20H19N5O2S/c1-12(2)11-21-17(26)13-7-9-14(10-8-13)22-19-24-25-18(27)15-5-3-4-6-16(15)23-20(25)28-19/h3-10,12H,11H2,1-2H3,(H,21,26)(H,22,24). The zero-order valence-corrected chi connectivity index (χ0v) is 16.3. The van der Waals surface area contributed by atoms with E-state index >= 15 is 0 Å². The lowest BCUT2D eigenvalue weighted by Gasteiger charge is -2.08. The minimum atomic E-state index is -0.193. The van der Waals surface area contributed by atoms with Gasteiger partial charge in [0.05, 0.1) is 10.9 Å². The molecule has 8 heteroatoms. The largest absolute Gasteiger partial charge is 0.352 e. The second-order valence-corrected chi connectivity index (χ2v) is 7.80. The average Bonchev–Trinajstić information content (AvgIpc) is 3.09. The van der Waals surface area contributed by atoms with Crippen LogP contribution < -0.4 is 16.2 Å². The zero-order chi connectivity index (χ0) is 19.7. The maximum atomic E-state index is 12.6. The summed E-state index contributed by atoms with van der Waals surface area (Å²) in [5.41, 5.74) is 1.83. The van der Waals surface area contributed by atoms with Gasteiger partial charge in [0.1, 0.15) is 0 Å². The van der Waals surface area contributed by atoms with Gasteiger partial charge in [-0.3, -0.25) is 9.59 Å². The first kappa shape index (κ1) is 18.1. The van der Waals surface area contributed by atoms with E-state index in [2.05, 4.69) is 34.6 Å². The Morgan fingerprint density at radius 3 is 2.64 bits per heavy atom. The molecule has 4 aromatic rings. The Morgan fingerprint density at radius 1 is 1.14 bits per heavy atom. The van der Waals surface area contributed by atoms with Crippen LogP contribution in [0.15, 0.2) is 53.3 Å². The van der Waals surface area contributed by atoms with E-state index in [9.17, 15) is 9.59 Å². The number of amides is 1. The third-order valence-corrected chi connectivity index (χ3v) is 5.00. The van der Waals surface area contributed by atoms with Gasteiger partial charge in [-0.2, -0.15) is 4.52 Å². The van der Waals surface area contributed by atoms with Crippen molar-refractivity contribution in [3.63, 3.8) is 0 Å². The van der Waals surface area contributed by atoms with Gasteiger partial charge in [-0.05, 0) is 42.3 Å². The van der Waals surface area contributed by atoms with E-state index in [0.29, 0.717) is 39.0 Å². The van der Waals surface area contributed by atoms with E-state index in [-0.39, 0.29) is 11.5 Å². The van der Waals surface area contributed by atoms with Crippen LogP contribution in [0.4, 0.5) is 10.8 Å². The maximum Gasteiger partial charge on any atom is 0.283 e. The highest BCUT2D eigenvalue weighted by Gasteiger charge is 2.11. The molecular weight excluding hydrogens is 374 g/mol. The van der Waals surface area contributed by atoms with Gasteiger partial charge in [-0.25, -0.2) is 4.98 Å². The van der Waals surface area contributed by atoms with E-state index in [4.69, 9.17) is 0 Å². The van der Waals surface area contributed by atoms with Crippen molar-refractivity contribution < 1.29 is 4.79 Å². The van der Waals surface area contributed by atoms with Gasteiger partial charge in [-0.1, -0.05) is 37.3 Å². The zero-order valence-electron chi connectivity index (χ0n) is 15.5. The van der Waals surface area contributed by atoms with Crippen LogP contribution >= 0.6 is 11.3 Å². The Balaban J connectivity index is 1.56. The van der Waals surface area contributed by atoms with E-state index < -0.39 is 0 Å². The lowest BCUT2D eigenvalue weighted by molar-refractivity contribution is 0.0949. The van der Waals surface area contributed by atoms with Gasteiger partial charge in [0.25, 0.3) is 11.5 Å². The second-order valence-electron chi connectivity index (χ2n) is 6.84. The molecule has 2 N–H and O–H groups in total. The summed E-state index contributed by atoms with van der Waals surface area (Å²) in [5, 5.41) is 11.5. The van der Waals surface area contributed by atoms with Gasteiger partial charge >= 0.3 is 0 Å². The summed E-state index contributed by atoms with van der Waals surface area (Å²) >= 11 is 1.29. The SMILES string of the molecule is CC(C)CNC(=O)c1ccc(Nc2nn3c(=O)c4ccccc4nc3s2)cc1. The van der Waals surface area contributed by atoms with Crippen molar-refractivity contribution in [2.75, 3.05) is 11.9 Å². The Labute approximate surface area is 165 Å². The molecule has 2 aromatic heterocycles. The molecule has 2 heterocycles. The third-order valence-electron chi connectivity index (χ3n) is 4.17. The summed E-state index contributed by atoms with van der Waals surface area (Å²) in [6, 6.07) is 14.3. The highest BCUT2D eigenvalue weighted by atomic mass is 32.1. The fraction of sp³-hybridized carbons (Fsp3) is 0.200. The smallest absolute Gasteiger partial charge is 0.283 e. The minimum Gasteiger partial charge on any atom is -0.352 e. The Morgan fingerprint density at radius 2 is 1.89 bits per heavy atom. The number of nitrogens with one attached hydrogen (secondary N) is 2. The van der Waals surface area contributed by atoms with E-state index in [1.54, 1.807) is 18.2 Å². The quantitative estimate of drug-likeness (QED) is 0.542. The Kier molecular flexibility index (Phi) is 4.79. The molecule has 0 aliphatic carbocycles. The molecule has 0 fully saturated rings. The molecule has 0 radical (unpaired) electrons. The van der Waals surface area contributed by atoms with Gasteiger partial charge in [0.2, 0.25) is 10.1 Å². The van der Waals surface area contributed by atoms with E-state index in [1.807, 2.05) is 30.3 Å². The predicted octanol–water partition coefficient (Wildman–Crippen LogP) is 3.43. The number of carbonyl (C=O) groups is 1. The second kappa shape index (κ2) is 7.40. The molecule has 0 aliphatic heterocycles. The molecule has 0 atom stereocenters. The summed E-state index contributed by atoms with van der Waals surface area (Å²) < 4.78 is 1.31. The van der Waals surface area contributed by atoms with Crippen LogP contribution in [0, 0.1) is 5.92 Å². The van der Waals surface area contributed by atoms with Crippen LogP contribution in [-0.2, 0) is 0 Å². The number of fused-ring (bicyclic) bond motifs is 2. The van der Waals surface area contributed by atoms with Gasteiger partial charge < -0.3 is 10.6 Å². The Hall–Kier alpha value is -3.26. The molecule has 4 rings (SSSR count). The molecule has 0 spiro atoms. The van der Waals surface area contributed by atoms with Crippen LogP contribution in [0.5, 0.6) is 0 Å². The summed E-state index contributed by atoms with van der Waals surface area (Å²) in [6.07, 6.45) is 0. The Bertz CT molecular complexity index is 1210. The number of nitrogens with zero attached hydrogens (tertiary/aromatic N) is 3. The molecule has 142 valence electrons. The summed E-state index contributed by atoms with van der Waals surface area (Å²) in [7, 11) is 0. The monoisotopic (exact) mass is 393 g/mol. The molecule has 2 aromatic carbocycles. The van der Waals surface area contributed by atoms with Crippen molar-refractivity contribution in [3.8, 4) is 0 Å². The molecular formula is C20H19N5O2S. The van der Waals surface area contributed by atoms with Crippen LogP contribution in [-0.4, -0.2) is 27.0 Å². The first-order valence-electron chi connectivity index (χ1n) is 8.95. The highest BCUT2D eigenvalue weighted by molar-refractivity contribution is 7.20. The number of carbonyl (C=O) groups excluding carboxylic acids is 1. The van der Waals surface area contributed by atoms with Crippen LogP contribution in [0.25, 0.3) is 15.9 Å². The highest BCUT2D eigenvalue weighted by Crippen LogP contribution is 2.23. The fourth-order valence-electron chi connectivity index (χ4n) is 2.73. The molecule has 1 amide bonds. The molecule has 0 saturated heterocycles. The fourth-order valence-corrected chi connectivity index (χ4v) is 3.55. The van der Waals surface area contributed by atoms with Crippen LogP contribution in [0.3, 0.4) is 0 Å². The third kappa shape index (κ3) is 3.59. The van der Waals surface area contributed by atoms with Crippen molar-refractivity contribution in [2.24, 2.45) is 5.92 Å². The van der Waals surface area contributed by atoms with Gasteiger partial charge in [0.15, 0.2) is 0 Å². The van der Waals surface area contributed by atoms with Crippen molar-refractivity contribution in [1.29, 1.82) is 0 Å². The first-order valence-corrected chi connectivity index (χ1v) is 9.77. The number of hydrogen-bond acceptors (Lipinski definition) is 6. The summed E-state index contributed by atoms with van der Waals surface area (Å²) in [4.78, 5) is 29.7. The number of anilines is 2. The number of hydrogen-bond donors (Lipinski definition) is 2. The summed E-state index contributed by atoms with van der Waals surface area (Å²) in [6.45, 7) is 4.74. The number of benzene rings is 2. The molecule has 0 unspecified atom stereocenters. The lowest BCUT2D eigenvalue weighted by atomic mass is 10.1. The van der Waals surface area contributed by atoms with Gasteiger partial charge in [0, 0.05) is 17.8 Å². The summed E-state index contributed by atoms with van der Waals surface area (Å²) in [5.74, 6) is 0.306. The molecule has 7 nitrogen and oxygen atoms in total. The van der Waals surface area contributed by atoms with E-state index in [1.165, 1.54) is 15.9 Å². The topological polar surface area (TPSA) is 88.4 Å². The predicted molar refractivity (Wildman–Crippen MR) is 112 cm³/mol. The maximum absolute atomic E-state index is 12.6. The molecule has 28 heavy (non-hydrogen) atoms. The van der Waals surface area contributed by atoms with E-state index in [0.717, 1.165) is 5.69 Å².